The van der Waals surface area contributed by atoms with Crippen LogP contribution in [0.5, 0.6) is 0 Å². The van der Waals surface area contributed by atoms with Gasteiger partial charge in [-0.1, -0.05) is 30.3 Å². The molecule has 0 unspecified atom stereocenters. The number of Topliss-reactive ketones (excluding diaryl/α,β-unsaturated/α-hetero) is 2. The van der Waals surface area contributed by atoms with Crippen LogP contribution in [0.15, 0.2) is 54.6 Å². The van der Waals surface area contributed by atoms with Gasteiger partial charge < -0.3 is 10.1 Å². The number of hydrogen-bond acceptors (Lipinski definition) is 3. The number of aromatic nitrogens is 1. The van der Waals surface area contributed by atoms with E-state index in [1.807, 2.05) is 36.4 Å². The van der Waals surface area contributed by atoms with Crippen LogP contribution in [0.2, 0.25) is 0 Å². The van der Waals surface area contributed by atoms with E-state index in [0.717, 1.165) is 22.2 Å². The summed E-state index contributed by atoms with van der Waals surface area (Å²) in [5.41, 5.74) is 3.14. The number of carboxylic acid groups (broad SMARTS) is 1. The molecule has 1 aromatic heterocycles. The largest absolute Gasteiger partial charge is 0.475 e. The Morgan fingerprint density at radius 2 is 1.70 bits per heavy atom. The molecule has 0 atom stereocenters. The Morgan fingerprint density at radius 1 is 0.957 bits per heavy atom. The third-order valence-electron chi connectivity index (χ3n) is 3.59. The van der Waals surface area contributed by atoms with Crippen LogP contribution in [-0.2, 0) is 9.59 Å². The van der Waals surface area contributed by atoms with E-state index in [0.29, 0.717) is 5.56 Å². The summed E-state index contributed by atoms with van der Waals surface area (Å²) >= 11 is 0. The van der Waals surface area contributed by atoms with Crippen LogP contribution in [0, 0.1) is 0 Å². The van der Waals surface area contributed by atoms with E-state index in [-0.39, 0.29) is 0 Å². The van der Waals surface area contributed by atoms with E-state index >= 15 is 0 Å². The van der Waals surface area contributed by atoms with E-state index in [1.165, 1.54) is 0 Å². The quantitative estimate of drug-likeness (QED) is 0.431. The molecule has 5 heteroatoms. The van der Waals surface area contributed by atoms with Gasteiger partial charge in [0.15, 0.2) is 5.78 Å². The van der Waals surface area contributed by atoms with E-state index in [1.54, 1.807) is 18.2 Å². The molecule has 3 aromatic rings. The fraction of sp³-hybridized carbons (Fsp3) is 0.0556. The molecular weight excluding hydrogens is 294 g/mol. The molecule has 114 valence electrons. The zero-order valence-electron chi connectivity index (χ0n) is 12.1. The van der Waals surface area contributed by atoms with E-state index in [9.17, 15) is 14.4 Å². The molecule has 0 fully saturated rings. The highest BCUT2D eigenvalue weighted by molar-refractivity contribution is 6.37. The van der Waals surface area contributed by atoms with Gasteiger partial charge in [-0.15, -0.1) is 0 Å². The lowest BCUT2D eigenvalue weighted by molar-refractivity contribution is -0.148. The number of benzene rings is 2. The van der Waals surface area contributed by atoms with Gasteiger partial charge in [-0.3, -0.25) is 9.59 Å². The lowest BCUT2D eigenvalue weighted by Crippen LogP contribution is -2.17. The predicted octanol–water partition coefficient (Wildman–Crippen LogP) is 3.06. The number of carboxylic acids is 1. The first kappa shape index (κ1) is 14.7. The van der Waals surface area contributed by atoms with Gasteiger partial charge in [-0.2, -0.15) is 0 Å². The maximum atomic E-state index is 12.0. The van der Waals surface area contributed by atoms with E-state index in [4.69, 9.17) is 5.11 Å². The minimum atomic E-state index is -1.59. The average Bonchev–Trinajstić information content (AvgIpc) is 2.98. The monoisotopic (exact) mass is 307 g/mol. The highest BCUT2D eigenvalue weighted by Crippen LogP contribution is 2.25. The summed E-state index contributed by atoms with van der Waals surface area (Å²) in [5, 5.41) is 9.40. The van der Waals surface area contributed by atoms with Crippen molar-refractivity contribution in [2.75, 3.05) is 0 Å². The summed E-state index contributed by atoms with van der Waals surface area (Å²) in [6, 6.07) is 16.7. The van der Waals surface area contributed by atoms with Crippen LogP contribution in [0.4, 0.5) is 0 Å². The number of nitrogens with one attached hydrogen (secondary N) is 1. The van der Waals surface area contributed by atoms with Gasteiger partial charge in [0.1, 0.15) is 0 Å². The smallest absolute Gasteiger partial charge is 0.372 e. The third kappa shape index (κ3) is 3.03. The molecule has 5 nitrogen and oxygen atoms in total. The maximum Gasteiger partial charge on any atom is 0.372 e. The molecule has 2 N–H and O–H groups in total. The number of H-pyrrole nitrogens is 1. The highest BCUT2D eigenvalue weighted by Gasteiger charge is 2.18. The van der Waals surface area contributed by atoms with Gasteiger partial charge >= 0.3 is 5.97 Å². The SMILES string of the molecule is O=C(O)C(=O)CC(=O)c1ccc2[nH]c(-c3ccccc3)cc2c1. The van der Waals surface area contributed by atoms with E-state index < -0.39 is 24.0 Å². The van der Waals surface area contributed by atoms with Gasteiger partial charge in [0.2, 0.25) is 5.78 Å². The van der Waals surface area contributed by atoms with Crippen LogP contribution >= 0.6 is 0 Å². The molecule has 0 saturated heterocycles. The summed E-state index contributed by atoms with van der Waals surface area (Å²) in [6.45, 7) is 0. The van der Waals surface area contributed by atoms with Crippen molar-refractivity contribution < 1.29 is 19.5 Å². The zero-order valence-corrected chi connectivity index (χ0v) is 12.1. The molecule has 0 aliphatic rings. The van der Waals surface area contributed by atoms with Crippen molar-refractivity contribution in [1.82, 2.24) is 4.98 Å². The fourth-order valence-electron chi connectivity index (χ4n) is 2.40. The predicted molar refractivity (Wildman–Crippen MR) is 85.3 cm³/mol. The van der Waals surface area contributed by atoms with Crippen molar-refractivity contribution in [2.45, 2.75) is 6.42 Å². The van der Waals surface area contributed by atoms with Gasteiger partial charge in [-0.05, 0) is 29.8 Å². The third-order valence-corrected chi connectivity index (χ3v) is 3.59. The average molecular weight is 307 g/mol. The summed E-state index contributed by atoms with van der Waals surface area (Å²) in [5.74, 6) is -3.19. The lowest BCUT2D eigenvalue weighted by Gasteiger charge is -1.99. The summed E-state index contributed by atoms with van der Waals surface area (Å²) in [4.78, 5) is 36.9. The van der Waals surface area contributed by atoms with Crippen molar-refractivity contribution in [3.63, 3.8) is 0 Å². The molecule has 0 saturated carbocycles. The second kappa shape index (κ2) is 5.88. The number of fused-ring (bicyclic) bond motifs is 1. The van der Waals surface area contributed by atoms with Gasteiger partial charge in [0, 0.05) is 22.2 Å². The molecule has 1 heterocycles. The van der Waals surface area contributed by atoms with Crippen LogP contribution in [0.25, 0.3) is 22.2 Å². The Bertz CT molecular complexity index is 909. The first-order valence-electron chi connectivity index (χ1n) is 7.02. The second-order valence-electron chi connectivity index (χ2n) is 5.18. The number of carbonyl (C=O) groups excluding carboxylic acids is 2. The van der Waals surface area contributed by atoms with Crippen molar-refractivity contribution in [2.24, 2.45) is 0 Å². The molecule has 0 amide bonds. The summed E-state index contributed by atoms with van der Waals surface area (Å²) in [6.07, 6.45) is -0.628. The minimum Gasteiger partial charge on any atom is -0.475 e. The number of hydrogen-bond donors (Lipinski definition) is 2. The van der Waals surface area contributed by atoms with Crippen LogP contribution in [0.3, 0.4) is 0 Å². The first-order chi connectivity index (χ1) is 11.0. The minimum absolute atomic E-state index is 0.325. The molecular formula is C18H13NO4. The first-order valence-corrected chi connectivity index (χ1v) is 7.02. The molecule has 0 radical (unpaired) electrons. The van der Waals surface area contributed by atoms with Crippen LogP contribution < -0.4 is 0 Å². The molecule has 3 rings (SSSR count). The lowest BCUT2D eigenvalue weighted by atomic mass is 10.0. The Morgan fingerprint density at radius 3 is 2.39 bits per heavy atom. The molecule has 2 aromatic carbocycles. The number of aliphatic carboxylic acids is 1. The van der Waals surface area contributed by atoms with Gasteiger partial charge in [-0.25, -0.2) is 4.79 Å². The number of aromatic amines is 1. The topological polar surface area (TPSA) is 87.2 Å². The molecule has 0 bridgehead atoms. The highest BCUT2D eigenvalue weighted by atomic mass is 16.4. The molecule has 23 heavy (non-hydrogen) atoms. The maximum absolute atomic E-state index is 12.0. The van der Waals surface area contributed by atoms with Crippen LogP contribution in [0.1, 0.15) is 16.8 Å². The number of ketones is 2. The summed E-state index contributed by atoms with van der Waals surface area (Å²) < 4.78 is 0. The zero-order chi connectivity index (χ0) is 16.4. The summed E-state index contributed by atoms with van der Waals surface area (Å²) in [7, 11) is 0. The molecule has 0 aliphatic heterocycles. The second-order valence-corrected chi connectivity index (χ2v) is 5.18. The number of rotatable bonds is 5. The van der Waals surface area contributed by atoms with Crippen molar-refractivity contribution in [3.05, 3.63) is 60.2 Å². The normalized spacial score (nSPS) is 10.6. The Hall–Kier alpha value is -3.21. The van der Waals surface area contributed by atoms with Gasteiger partial charge in [0.25, 0.3) is 0 Å². The van der Waals surface area contributed by atoms with Crippen LogP contribution in [-0.4, -0.2) is 27.6 Å². The molecule has 0 spiro atoms. The Labute approximate surface area is 131 Å². The number of carbonyl (C=O) groups is 3. The van der Waals surface area contributed by atoms with E-state index in [2.05, 4.69) is 4.98 Å². The Balaban J connectivity index is 1.92. The van der Waals surface area contributed by atoms with Crippen molar-refractivity contribution in [1.29, 1.82) is 0 Å². The van der Waals surface area contributed by atoms with Crippen molar-refractivity contribution in [3.8, 4) is 11.3 Å². The standard InChI is InChI=1S/C18H13NO4/c20-16(10-17(21)18(22)23)12-6-7-14-13(8-12)9-15(19-14)11-4-2-1-3-5-11/h1-9,19H,10H2,(H,22,23). The fourth-order valence-corrected chi connectivity index (χ4v) is 2.40. The molecule has 0 aliphatic carbocycles. The van der Waals surface area contributed by atoms with Gasteiger partial charge in [0.05, 0.1) is 6.42 Å². The van der Waals surface area contributed by atoms with Crippen molar-refractivity contribution >= 4 is 28.4 Å². The Kier molecular flexibility index (Phi) is 3.76.